The van der Waals surface area contributed by atoms with Gasteiger partial charge in [-0.15, -0.1) is 0 Å². The van der Waals surface area contributed by atoms with E-state index in [1.54, 1.807) is 0 Å². The van der Waals surface area contributed by atoms with Crippen molar-refractivity contribution in [2.24, 2.45) is 5.73 Å². The van der Waals surface area contributed by atoms with Crippen molar-refractivity contribution in [3.05, 3.63) is 0 Å². The Bertz CT molecular complexity index is 332. The van der Waals surface area contributed by atoms with Crippen LogP contribution in [0.5, 0.6) is 0 Å². The van der Waals surface area contributed by atoms with Crippen LogP contribution >= 0.6 is 0 Å². The van der Waals surface area contributed by atoms with Gasteiger partial charge in [-0.05, 0) is 38.5 Å². The van der Waals surface area contributed by atoms with Crippen molar-refractivity contribution in [3.63, 3.8) is 0 Å². The second kappa shape index (κ2) is 8.70. The van der Waals surface area contributed by atoms with Crippen LogP contribution in [0.3, 0.4) is 0 Å². The number of hydrogen-bond acceptors (Lipinski definition) is 6. The summed E-state index contributed by atoms with van der Waals surface area (Å²) in [5, 5.41) is 36.2. The largest absolute Gasteiger partial charge is 0.480 e. The number of unbranched alkanes of at least 4 members (excludes halogenated alkanes) is 1. The number of aliphatic carboxylic acids is 1. The average Bonchev–Trinajstić information content (AvgIpc) is 2.88. The van der Waals surface area contributed by atoms with E-state index in [1.165, 1.54) is 0 Å². The maximum Gasteiger partial charge on any atom is 0.451 e. The van der Waals surface area contributed by atoms with Gasteiger partial charge in [0.1, 0.15) is 5.54 Å². The highest BCUT2D eigenvalue weighted by Crippen LogP contribution is 2.22. The summed E-state index contributed by atoms with van der Waals surface area (Å²) in [6.07, 6.45) is 3.91. The number of aliphatic hydroxyl groups is 1. The molecule has 0 aromatic heterocycles. The number of nitrogens with two attached hydrogens (primary N) is 1. The lowest BCUT2D eigenvalue weighted by atomic mass is 9.81. The number of likely N-dealkylation sites (tertiary alicyclic amines) is 1. The van der Waals surface area contributed by atoms with E-state index in [1.807, 2.05) is 0 Å². The van der Waals surface area contributed by atoms with Crippen molar-refractivity contribution in [1.82, 2.24) is 4.90 Å². The topological polar surface area (TPSA) is 127 Å². The molecule has 2 atom stereocenters. The second-order valence-electron chi connectivity index (χ2n) is 5.95. The molecule has 0 aromatic rings. The first-order valence-corrected chi connectivity index (χ1v) is 7.62. The van der Waals surface area contributed by atoms with Gasteiger partial charge in [-0.3, -0.25) is 9.69 Å². The highest BCUT2D eigenvalue weighted by molar-refractivity contribution is 6.40. The Balaban J connectivity index is 2.42. The van der Waals surface area contributed by atoms with Gasteiger partial charge < -0.3 is 26.0 Å². The molecule has 0 amide bonds. The number of carbonyl (C=O) groups is 1. The molecule has 1 fully saturated rings. The first-order chi connectivity index (χ1) is 9.89. The molecule has 1 aliphatic rings. The normalized spacial score (nSPS) is 22.2. The number of carboxylic acids is 1. The van der Waals surface area contributed by atoms with Crippen molar-refractivity contribution in [2.75, 3.05) is 19.7 Å². The summed E-state index contributed by atoms with van der Waals surface area (Å²) in [5.74, 6) is -1.02. The zero-order valence-corrected chi connectivity index (χ0v) is 12.4. The van der Waals surface area contributed by atoms with Crippen molar-refractivity contribution >= 4 is 13.1 Å². The predicted octanol–water partition coefficient (Wildman–Crippen LogP) is -0.742. The van der Waals surface area contributed by atoms with Crippen LogP contribution in [-0.4, -0.2) is 69.5 Å². The van der Waals surface area contributed by atoms with Gasteiger partial charge in [0.25, 0.3) is 0 Å². The fraction of sp³-hybridized carbons (Fsp3) is 0.923. The standard InChI is InChI=1S/C13H27BN2O5/c15-13(12(18)19,5-1-2-7-14(20)21)6-9-16-8-3-4-11(16)10-17/h11,17,20-21H,1-10,15H2,(H,18,19)/t11-,13?/m0/s1. The van der Waals surface area contributed by atoms with E-state index in [9.17, 15) is 15.0 Å². The molecule has 0 bridgehead atoms. The molecule has 1 aliphatic heterocycles. The van der Waals surface area contributed by atoms with Gasteiger partial charge in [0, 0.05) is 12.6 Å². The molecule has 0 aliphatic carbocycles. The summed E-state index contributed by atoms with van der Waals surface area (Å²) in [4.78, 5) is 13.5. The van der Waals surface area contributed by atoms with Gasteiger partial charge in [0.05, 0.1) is 6.61 Å². The molecule has 8 heteroatoms. The third-order valence-corrected chi connectivity index (χ3v) is 4.32. The third kappa shape index (κ3) is 5.92. The van der Waals surface area contributed by atoms with E-state index in [2.05, 4.69) is 4.90 Å². The Hall–Kier alpha value is -0.665. The van der Waals surface area contributed by atoms with Gasteiger partial charge in [0.15, 0.2) is 0 Å². The van der Waals surface area contributed by atoms with Gasteiger partial charge >= 0.3 is 13.1 Å². The monoisotopic (exact) mass is 302 g/mol. The van der Waals surface area contributed by atoms with E-state index in [0.29, 0.717) is 32.2 Å². The van der Waals surface area contributed by atoms with E-state index in [-0.39, 0.29) is 19.0 Å². The molecule has 6 N–H and O–H groups in total. The molecule has 0 spiro atoms. The first-order valence-electron chi connectivity index (χ1n) is 7.62. The van der Waals surface area contributed by atoms with Crippen molar-refractivity contribution in [1.29, 1.82) is 0 Å². The molecule has 1 unspecified atom stereocenters. The molecule has 1 rings (SSSR count). The molecule has 0 saturated carbocycles. The molecule has 21 heavy (non-hydrogen) atoms. The fourth-order valence-corrected chi connectivity index (χ4v) is 2.85. The summed E-state index contributed by atoms with van der Waals surface area (Å²) in [7, 11) is -1.35. The van der Waals surface area contributed by atoms with Gasteiger partial charge in [-0.25, -0.2) is 0 Å². The number of carboxylic acid groups (broad SMARTS) is 1. The Morgan fingerprint density at radius 1 is 1.33 bits per heavy atom. The predicted molar refractivity (Wildman–Crippen MR) is 79.7 cm³/mol. The molecule has 0 aromatic carbocycles. The van der Waals surface area contributed by atoms with Gasteiger partial charge in [-0.2, -0.15) is 0 Å². The Morgan fingerprint density at radius 3 is 2.62 bits per heavy atom. The maximum absolute atomic E-state index is 11.4. The van der Waals surface area contributed by atoms with Crippen LogP contribution in [0.1, 0.15) is 38.5 Å². The summed E-state index contributed by atoms with van der Waals surface area (Å²) in [6, 6.07) is 0.118. The Morgan fingerprint density at radius 2 is 2.05 bits per heavy atom. The zero-order valence-electron chi connectivity index (χ0n) is 12.4. The Labute approximate surface area is 125 Å². The van der Waals surface area contributed by atoms with E-state index in [4.69, 9.17) is 15.8 Å². The van der Waals surface area contributed by atoms with Crippen molar-refractivity contribution in [2.45, 2.75) is 56.4 Å². The molecule has 7 nitrogen and oxygen atoms in total. The maximum atomic E-state index is 11.4. The summed E-state index contributed by atoms with van der Waals surface area (Å²) >= 11 is 0. The van der Waals surface area contributed by atoms with Gasteiger partial charge in [-0.1, -0.05) is 12.8 Å². The lowest BCUT2D eigenvalue weighted by Crippen LogP contribution is -2.50. The van der Waals surface area contributed by atoms with Crippen LogP contribution < -0.4 is 5.73 Å². The first kappa shape index (κ1) is 18.4. The second-order valence-corrected chi connectivity index (χ2v) is 5.95. The Kier molecular flexibility index (Phi) is 7.62. The number of rotatable bonds is 10. The lowest BCUT2D eigenvalue weighted by molar-refractivity contribution is -0.144. The average molecular weight is 302 g/mol. The molecular formula is C13H27BN2O5. The van der Waals surface area contributed by atoms with Crippen LogP contribution in [0.2, 0.25) is 6.32 Å². The third-order valence-electron chi connectivity index (χ3n) is 4.32. The lowest BCUT2D eigenvalue weighted by Gasteiger charge is -2.29. The number of hydrogen-bond donors (Lipinski definition) is 5. The molecule has 122 valence electrons. The smallest absolute Gasteiger partial charge is 0.451 e. The number of nitrogens with zero attached hydrogens (tertiary/aromatic N) is 1. The van der Waals surface area contributed by atoms with E-state index >= 15 is 0 Å². The van der Waals surface area contributed by atoms with Crippen molar-refractivity contribution < 1.29 is 25.1 Å². The molecule has 1 heterocycles. The SMILES string of the molecule is NC(CCCCB(O)O)(CCN1CCC[C@H]1CO)C(=O)O. The number of aliphatic hydroxyl groups excluding tert-OH is 1. The zero-order chi connectivity index (χ0) is 15.9. The highest BCUT2D eigenvalue weighted by Gasteiger charge is 2.35. The summed E-state index contributed by atoms with van der Waals surface area (Å²) in [6.45, 7) is 1.54. The quantitative estimate of drug-likeness (QED) is 0.265. The minimum Gasteiger partial charge on any atom is -0.480 e. The molecule has 1 saturated heterocycles. The minimum atomic E-state index is -1.35. The summed E-state index contributed by atoms with van der Waals surface area (Å²) in [5.41, 5.74) is 4.72. The summed E-state index contributed by atoms with van der Waals surface area (Å²) < 4.78 is 0. The minimum absolute atomic E-state index is 0.0963. The van der Waals surface area contributed by atoms with Crippen LogP contribution in [0.4, 0.5) is 0 Å². The van der Waals surface area contributed by atoms with Gasteiger partial charge in [0.2, 0.25) is 0 Å². The van der Waals surface area contributed by atoms with E-state index < -0.39 is 18.6 Å². The van der Waals surface area contributed by atoms with Crippen LogP contribution in [-0.2, 0) is 4.79 Å². The fourth-order valence-electron chi connectivity index (χ4n) is 2.85. The highest BCUT2D eigenvalue weighted by atomic mass is 16.4. The molecule has 0 radical (unpaired) electrons. The van der Waals surface area contributed by atoms with Crippen molar-refractivity contribution in [3.8, 4) is 0 Å². The van der Waals surface area contributed by atoms with Crippen LogP contribution in [0.25, 0.3) is 0 Å². The molecular weight excluding hydrogens is 275 g/mol. The van der Waals surface area contributed by atoms with Crippen LogP contribution in [0.15, 0.2) is 0 Å². The van der Waals surface area contributed by atoms with Crippen LogP contribution in [0, 0.1) is 0 Å². The van der Waals surface area contributed by atoms with E-state index in [0.717, 1.165) is 19.4 Å².